The van der Waals surface area contributed by atoms with Gasteiger partial charge in [-0.05, 0) is 23.3 Å². The second kappa shape index (κ2) is 8.81. The molecule has 1 aliphatic heterocycles. The second-order valence-corrected chi connectivity index (χ2v) is 9.30. The van der Waals surface area contributed by atoms with Gasteiger partial charge in [-0.2, -0.15) is 9.40 Å². The van der Waals surface area contributed by atoms with Crippen molar-refractivity contribution in [1.82, 2.24) is 19.0 Å². The maximum Gasteiger partial charge on any atom is 0.227 e. The van der Waals surface area contributed by atoms with Crippen molar-refractivity contribution in [1.29, 1.82) is 0 Å². The van der Waals surface area contributed by atoms with Crippen LogP contribution in [0, 0.1) is 0 Å². The highest BCUT2D eigenvalue weighted by Gasteiger charge is 2.29. The molecular weight excluding hydrogens is 400 g/mol. The molecule has 0 spiro atoms. The lowest BCUT2D eigenvalue weighted by molar-refractivity contribution is -0.131. The molecule has 2 heterocycles. The van der Waals surface area contributed by atoms with Crippen molar-refractivity contribution < 1.29 is 13.2 Å². The van der Waals surface area contributed by atoms with E-state index in [1.165, 1.54) is 4.31 Å². The van der Waals surface area contributed by atoms with Gasteiger partial charge in [-0.25, -0.2) is 13.1 Å². The predicted molar refractivity (Wildman–Crippen MR) is 114 cm³/mol. The quantitative estimate of drug-likeness (QED) is 0.607. The van der Waals surface area contributed by atoms with Crippen LogP contribution in [-0.2, 0) is 27.0 Å². The molecule has 0 bridgehead atoms. The summed E-state index contributed by atoms with van der Waals surface area (Å²) in [5.74, 6) is -0.0248. The lowest BCUT2D eigenvalue weighted by Crippen LogP contribution is -2.51. The van der Waals surface area contributed by atoms with Crippen molar-refractivity contribution in [2.75, 3.05) is 26.2 Å². The zero-order valence-electron chi connectivity index (χ0n) is 16.6. The third-order valence-corrected chi connectivity index (χ3v) is 7.04. The Hall–Kier alpha value is -2.97. The van der Waals surface area contributed by atoms with Gasteiger partial charge in [-0.3, -0.25) is 4.79 Å². The first kappa shape index (κ1) is 20.3. The molecule has 0 radical (unpaired) electrons. The smallest absolute Gasteiger partial charge is 0.227 e. The van der Waals surface area contributed by atoms with Gasteiger partial charge >= 0.3 is 0 Å². The Balaban J connectivity index is 1.32. The fourth-order valence-corrected chi connectivity index (χ4v) is 5.07. The molecule has 0 saturated carbocycles. The van der Waals surface area contributed by atoms with Gasteiger partial charge in [0, 0.05) is 32.4 Å². The monoisotopic (exact) mass is 424 g/mol. The number of rotatable bonds is 6. The molecule has 1 aliphatic rings. The van der Waals surface area contributed by atoms with Gasteiger partial charge in [0.25, 0.3) is 0 Å². The van der Waals surface area contributed by atoms with Crippen molar-refractivity contribution in [3.8, 4) is 5.69 Å². The number of amides is 1. The van der Waals surface area contributed by atoms with E-state index in [2.05, 4.69) is 5.10 Å². The van der Waals surface area contributed by atoms with Crippen LogP contribution in [0.4, 0.5) is 0 Å². The van der Waals surface area contributed by atoms with Gasteiger partial charge in [0.2, 0.25) is 15.9 Å². The summed E-state index contributed by atoms with van der Waals surface area (Å²) in [6.45, 7) is 1.45. The maximum absolute atomic E-state index is 12.7. The molecule has 0 N–H and O–H groups in total. The van der Waals surface area contributed by atoms with Crippen LogP contribution >= 0.6 is 0 Å². The topological polar surface area (TPSA) is 75.5 Å². The Morgan fingerprint density at radius 2 is 1.50 bits per heavy atom. The fraction of sp³-hybridized carbons (Fsp3) is 0.273. The number of sulfonamides is 1. The van der Waals surface area contributed by atoms with Crippen LogP contribution < -0.4 is 0 Å². The standard InChI is InChI=1S/C22H24N4O3S/c27-22(15-20-16-23-26(17-20)21-9-5-2-6-10-21)24-11-13-25(14-12-24)30(28,29)18-19-7-3-1-4-8-19/h1-10,16-17H,11-15,18H2. The summed E-state index contributed by atoms with van der Waals surface area (Å²) in [5.41, 5.74) is 2.54. The molecule has 8 heteroatoms. The van der Waals surface area contributed by atoms with Gasteiger partial charge in [-0.1, -0.05) is 48.5 Å². The normalized spacial score (nSPS) is 15.3. The molecule has 1 saturated heterocycles. The molecule has 30 heavy (non-hydrogen) atoms. The van der Waals surface area contributed by atoms with Gasteiger partial charge in [0.1, 0.15) is 0 Å². The van der Waals surface area contributed by atoms with E-state index in [4.69, 9.17) is 0 Å². The Labute approximate surface area is 176 Å². The Kier molecular flexibility index (Phi) is 5.96. The van der Waals surface area contributed by atoms with Gasteiger partial charge in [0.15, 0.2) is 0 Å². The highest BCUT2D eigenvalue weighted by atomic mass is 32.2. The van der Waals surface area contributed by atoms with Crippen molar-refractivity contribution in [2.24, 2.45) is 0 Å². The number of hydrogen-bond donors (Lipinski definition) is 0. The molecule has 1 amide bonds. The van der Waals surface area contributed by atoms with Crippen LogP contribution in [0.2, 0.25) is 0 Å². The van der Waals surface area contributed by atoms with E-state index in [1.54, 1.807) is 15.8 Å². The first-order valence-corrected chi connectivity index (χ1v) is 11.5. The summed E-state index contributed by atoms with van der Waals surface area (Å²) in [7, 11) is -3.39. The number of piperazine rings is 1. The van der Waals surface area contributed by atoms with E-state index in [-0.39, 0.29) is 18.1 Å². The maximum atomic E-state index is 12.7. The van der Waals surface area contributed by atoms with Crippen LogP contribution in [0.5, 0.6) is 0 Å². The number of benzene rings is 2. The largest absolute Gasteiger partial charge is 0.340 e. The van der Waals surface area contributed by atoms with E-state index in [0.29, 0.717) is 26.2 Å². The van der Waals surface area contributed by atoms with E-state index in [0.717, 1.165) is 16.8 Å². The SMILES string of the molecule is O=C(Cc1cnn(-c2ccccc2)c1)N1CCN(S(=O)(=O)Cc2ccccc2)CC1. The molecule has 0 atom stereocenters. The summed E-state index contributed by atoms with van der Waals surface area (Å²) in [6, 6.07) is 18.9. The number of carbonyl (C=O) groups is 1. The first-order chi connectivity index (χ1) is 14.5. The van der Waals surface area contributed by atoms with Crippen molar-refractivity contribution in [3.05, 3.63) is 84.2 Å². The minimum atomic E-state index is -3.39. The Bertz CT molecular complexity index is 1090. The van der Waals surface area contributed by atoms with Crippen LogP contribution in [0.25, 0.3) is 5.69 Å². The Morgan fingerprint density at radius 1 is 0.867 bits per heavy atom. The van der Waals surface area contributed by atoms with Crippen molar-refractivity contribution >= 4 is 15.9 Å². The summed E-state index contributed by atoms with van der Waals surface area (Å²) in [6.07, 6.45) is 3.81. The third kappa shape index (κ3) is 4.77. The van der Waals surface area contributed by atoms with Gasteiger partial charge in [0.05, 0.1) is 24.1 Å². The van der Waals surface area contributed by atoms with E-state index < -0.39 is 10.0 Å². The van der Waals surface area contributed by atoms with Crippen LogP contribution in [0.15, 0.2) is 73.1 Å². The number of aromatic nitrogens is 2. The second-order valence-electron chi connectivity index (χ2n) is 7.33. The van der Waals surface area contributed by atoms with Crippen molar-refractivity contribution in [2.45, 2.75) is 12.2 Å². The minimum Gasteiger partial charge on any atom is -0.340 e. The molecule has 7 nitrogen and oxygen atoms in total. The minimum absolute atomic E-state index is 0.0114. The number of hydrogen-bond acceptors (Lipinski definition) is 4. The molecule has 1 fully saturated rings. The molecule has 3 aromatic rings. The Morgan fingerprint density at radius 3 is 2.17 bits per heavy atom. The number of carbonyl (C=O) groups excluding carboxylic acids is 1. The van der Waals surface area contributed by atoms with E-state index in [1.807, 2.05) is 66.9 Å². The zero-order valence-corrected chi connectivity index (χ0v) is 17.4. The van der Waals surface area contributed by atoms with Gasteiger partial charge in [-0.15, -0.1) is 0 Å². The van der Waals surface area contributed by atoms with Crippen LogP contribution in [0.1, 0.15) is 11.1 Å². The highest BCUT2D eigenvalue weighted by Crippen LogP contribution is 2.15. The molecular formula is C22H24N4O3S. The van der Waals surface area contributed by atoms with Crippen LogP contribution in [0.3, 0.4) is 0 Å². The average molecular weight is 425 g/mol. The zero-order chi connectivity index (χ0) is 21.0. The van der Waals surface area contributed by atoms with Gasteiger partial charge < -0.3 is 4.90 Å². The number of para-hydroxylation sites is 1. The summed E-state index contributed by atoms with van der Waals surface area (Å²) in [5, 5.41) is 4.33. The molecule has 0 unspecified atom stereocenters. The predicted octanol–water partition coefficient (Wildman–Crippen LogP) is 2.09. The van der Waals surface area contributed by atoms with Crippen molar-refractivity contribution in [3.63, 3.8) is 0 Å². The highest BCUT2D eigenvalue weighted by molar-refractivity contribution is 7.88. The first-order valence-electron chi connectivity index (χ1n) is 9.90. The molecule has 4 rings (SSSR count). The molecule has 2 aromatic carbocycles. The molecule has 0 aliphatic carbocycles. The molecule has 156 valence electrons. The van der Waals surface area contributed by atoms with Crippen LogP contribution in [-0.4, -0.2) is 59.5 Å². The third-order valence-electron chi connectivity index (χ3n) is 5.19. The van der Waals surface area contributed by atoms with E-state index >= 15 is 0 Å². The summed E-state index contributed by atoms with van der Waals surface area (Å²) in [4.78, 5) is 14.4. The summed E-state index contributed by atoms with van der Waals surface area (Å²) < 4.78 is 28.6. The molecule has 1 aromatic heterocycles. The fourth-order valence-electron chi connectivity index (χ4n) is 3.55. The number of nitrogens with zero attached hydrogens (tertiary/aromatic N) is 4. The summed E-state index contributed by atoms with van der Waals surface area (Å²) >= 11 is 0. The lowest BCUT2D eigenvalue weighted by atomic mass is 10.2. The average Bonchev–Trinajstić information content (AvgIpc) is 3.23. The van der Waals surface area contributed by atoms with E-state index in [9.17, 15) is 13.2 Å². The lowest BCUT2D eigenvalue weighted by Gasteiger charge is -2.34.